The Morgan fingerprint density at radius 1 is 1.73 bits per heavy atom. The molecular weight excluding hydrogens is 144 g/mol. The summed E-state index contributed by atoms with van der Waals surface area (Å²) in [5, 5.41) is 0. The first kappa shape index (κ1) is 8.27. The van der Waals surface area contributed by atoms with Crippen LogP contribution in [0.25, 0.3) is 0 Å². The fraction of sp³-hybridized carbons (Fsp3) is 0.625. The van der Waals surface area contributed by atoms with Gasteiger partial charge in [-0.1, -0.05) is 12.2 Å². The second-order valence-electron chi connectivity index (χ2n) is 2.30. The molecule has 1 aliphatic heterocycles. The van der Waals surface area contributed by atoms with E-state index in [4.69, 9.17) is 9.47 Å². The Morgan fingerprint density at radius 2 is 2.45 bits per heavy atom. The normalized spacial score (nSPS) is 28.9. The molecule has 0 aromatic carbocycles. The lowest BCUT2D eigenvalue weighted by Crippen LogP contribution is -2.12. The van der Waals surface area contributed by atoms with Crippen LogP contribution in [0.2, 0.25) is 0 Å². The fourth-order valence-electron chi connectivity index (χ4n) is 0.874. The third kappa shape index (κ3) is 2.05. The fourth-order valence-corrected chi connectivity index (χ4v) is 0.874. The summed E-state index contributed by atoms with van der Waals surface area (Å²) in [6.07, 6.45) is 3.33. The number of carbonyl (C=O) groups is 1. The largest absolute Gasteiger partial charge is 0.464 e. The molecule has 1 aliphatic rings. The van der Waals surface area contributed by atoms with Crippen molar-refractivity contribution >= 4 is 5.97 Å². The molecular formula is C8H12O3. The van der Waals surface area contributed by atoms with Crippen molar-refractivity contribution in [1.29, 1.82) is 0 Å². The van der Waals surface area contributed by atoms with Crippen LogP contribution in [-0.4, -0.2) is 24.8 Å². The van der Waals surface area contributed by atoms with Crippen LogP contribution < -0.4 is 0 Å². The predicted octanol–water partition coefficient (Wildman–Crippen LogP) is 0.893. The van der Waals surface area contributed by atoms with Crippen molar-refractivity contribution < 1.29 is 14.3 Å². The number of esters is 1. The first-order chi connectivity index (χ1) is 5.29. The number of carbonyl (C=O) groups excluding carboxylic acids is 1. The second kappa shape index (κ2) is 3.53. The molecule has 0 amide bonds. The minimum atomic E-state index is -0.342. The van der Waals surface area contributed by atoms with Gasteiger partial charge in [-0.3, -0.25) is 0 Å². The number of hydrogen-bond donors (Lipinski definition) is 0. The molecule has 3 nitrogen and oxygen atoms in total. The zero-order valence-electron chi connectivity index (χ0n) is 6.74. The standard InChI is InChI=1S/C8H12O3/c1-3-5-6-7(11-6)8(9)10-4-2/h3,5-7H,4H2,1-2H3/b5-3-. The molecule has 0 spiro atoms. The molecule has 62 valence electrons. The summed E-state index contributed by atoms with van der Waals surface area (Å²) in [6.45, 7) is 4.09. The Hall–Kier alpha value is -0.830. The number of ether oxygens (including phenoxy) is 2. The molecule has 1 fully saturated rings. The van der Waals surface area contributed by atoms with Gasteiger partial charge in [0.25, 0.3) is 0 Å². The quantitative estimate of drug-likeness (QED) is 0.346. The molecule has 2 atom stereocenters. The average molecular weight is 156 g/mol. The van der Waals surface area contributed by atoms with Gasteiger partial charge in [0.1, 0.15) is 6.10 Å². The molecule has 1 rings (SSSR count). The van der Waals surface area contributed by atoms with Gasteiger partial charge in [0.05, 0.1) is 6.61 Å². The molecule has 1 heterocycles. The van der Waals surface area contributed by atoms with Crippen molar-refractivity contribution in [2.45, 2.75) is 26.1 Å². The maximum absolute atomic E-state index is 10.9. The van der Waals surface area contributed by atoms with E-state index in [2.05, 4.69) is 0 Å². The summed E-state index contributed by atoms with van der Waals surface area (Å²) < 4.78 is 9.75. The number of allylic oxidation sites excluding steroid dienone is 1. The first-order valence-corrected chi connectivity index (χ1v) is 3.74. The van der Waals surface area contributed by atoms with E-state index in [1.165, 1.54) is 0 Å². The summed E-state index contributed by atoms with van der Waals surface area (Å²) in [7, 11) is 0. The molecule has 3 heteroatoms. The van der Waals surface area contributed by atoms with Crippen LogP contribution in [0.3, 0.4) is 0 Å². The highest BCUT2D eigenvalue weighted by molar-refractivity contribution is 5.78. The summed E-state index contributed by atoms with van der Waals surface area (Å²) >= 11 is 0. The molecule has 0 aliphatic carbocycles. The molecule has 0 saturated carbocycles. The second-order valence-corrected chi connectivity index (χ2v) is 2.30. The maximum Gasteiger partial charge on any atom is 0.338 e. The third-order valence-corrected chi connectivity index (χ3v) is 1.43. The van der Waals surface area contributed by atoms with Crippen molar-refractivity contribution in [3.8, 4) is 0 Å². The predicted molar refractivity (Wildman–Crippen MR) is 40.1 cm³/mol. The highest BCUT2D eigenvalue weighted by atomic mass is 16.6. The van der Waals surface area contributed by atoms with Gasteiger partial charge in [-0.15, -0.1) is 0 Å². The zero-order valence-corrected chi connectivity index (χ0v) is 6.74. The Balaban J connectivity index is 2.26. The van der Waals surface area contributed by atoms with Crippen LogP contribution in [0.1, 0.15) is 13.8 Å². The zero-order chi connectivity index (χ0) is 8.27. The molecule has 0 bridgehead atoms. The van der Waals surface area contributed by atoms with Gasteiger partial charge >= 0.3 is 5.97 Å². The minimum Gasteiger partial charge on any atom is -0.464 e. The molecule has 0 N–H and O–H groups in total. The van der Waals surface area contributed by atoms with Crippen molar-refractivity contribution in [2.24, 2.45) is 0 Å². The van der Waals surface area contributed by atoms with Gasteiger partial charge in [-0.2, -0.15) is 0 Å². The topological polar surface area (TPSA) is 38.8 Å². The van der Waals surface area contributed by atoms with Crippen LogP contribution in [0, 0.1) is 0 Å². The van der Waals surface area contributed by atoms with Crippen LogP contribution in [0.15, 0.2) is 12.2 Å². The van der Waals surface area contributed by atoms with E-state index in [-0.39, 0.29) is 18.2 Å². The van der Waals surface area contributed by atoms with Gasteiger partial charge in [0, 0.05) is 0 Å². The van der Waals surface area contributed by atoms with Gasteiger partial charge in [-0.05, 0) is 13.8 Å². The van der Waals surface area contributed by atoms with Gasteiger partial charge in [0.15, 0.2) is 6.10 Å². The lowest BCUT2D eigenvalue weighted by atomic mass is 10.3. The smallest absolute Gasteiger partial charge is 0.338 e. The molecule has 0 aromatic rings. The van der Waals surface area contributed by atoms with Crippen molar-refractivity contribution in [1.82, 2.24) is 0 Å². The average Bonchev–Trinajstić information content (AvgIpc) is 2.69. The summed E-state index contributed by atoms with van der Waals surface area (Å²) in [5.74, 6) is -0.254. The third-order valence-electron chi connectivity index (χ3n) is 1.43. The van der Waals surface area contributed by atoms with Crippen molar-refractivity contribution in [3.05, 3.63) is 12.2 Å². The van der Waals surface area contributed by atoms with Crippen LogP contribution in [-0.2, 0) is 14.3 Å². The Bertz CT molecular complexity index is 174. The molecule has 1 saturated heterocycles. The minimum absolute atomic E-state index is 0.0425. The number of epoxide rings is 1. The van der Waals surface area contributed by atoms with E-state index in [1.807, 2.05) is 19.1 Å². The van der Waals surface area contributed by atoms with E-state index in [0.717, 1.165) is 0 Å². The summed E-state index contributed by atoms with van der Waals surface area (Å²) in [4.78, 5) is 10.9. The highest BCUT2D eigenvalue weighted by Gasteiger charge is 2.44. The van der Waals surface area contributed by atoms with E-state index in [1.54, 1.807) is 6.92 Å². The Labute approximate surface area is 66.0 Å². The number of rotatable bonds is 3. The lowest BCUT2D eigenvalue weighted by molar-refractivity contribution is -0.144. The Kier molecular flexibility index (Phi) is 2.65. The molecule has 0 aromatic heterocycles. The lowest BCUT2D eigenvalue weighted by Gasteiger charge is -1.94. The molecule has 0 radical (unpaired) electrons. The van der Waals surface area contributed by atoms with E-state index < -0.39 is 0 Å². The van der Waals surface area contributed by atoms with Gasteiger partial charge in [0.2, 0.25) is 0 Å². The molecule has 11 heavy (non-hydrogen) atoms. The highest BCUT2D eigenvalue weighted by Crippen LogP contribution is 2.24. The van der Waals surface area contributed by atoms with Gasteiger partial charge < -0.3 is 9.47 Å². The van der Waals surface area contributed by atoms with Crippen LogP contribution in [0.5, 0.6) is 0 Å². The van der Waals surface area contributed by atoms with E-state index in [0.29, 0.717) is 6.61 Å². The summed E-state index contributed by atoms with van der Waals surface area (Å²) in [6, 6.07) is 0. The van der Waals surface area contributed by atoms with E-state index >= 15 is 0 Å². The van der Waals surface area contributed by atoms with Crippen molar-refractivity contribution in [2.75, 3.05) is 6.61 Å². The number of hydrogen-bond acceptors (Lipinski definition) is 3. The first-order valence-electron chi connectivity index (χ1n) is 3.74. The summed E-state index contributed by atoms with van der Waals surface area (Å²) in [5.41, 5.74) is 0. The van der Waals surface area contributed by atoms with Crippen LogP contribution >= 0.6 is 0 Å². The van der Waals surface area contributed by atoms with Crippen molar-refractivity contribution in [3.63, 3.8) is 0 Å². The van der Waals surface area contributed by atoms with Crippen LogP contribution in [0.4, 0.5) is 0 Å². The maximum atomic E-state index is 10.9. The van der Waals surface area contributed by atoms with E-state index in [9.17, 15) is 4.79 Å². The monoisotopic (exact) mass is 156 g/mol. The SMILES string of the molecule is C/C=C\C1OC1C(=O)OCC. The van der Waals surface area contributed by atoms with Gasteiger partial charge in [-0.25, -0.2) is 4.79 Å². The molecule has 2 unspecified atom stereocenters. The Morgan fingerprint density at radius 3 is 3.00 bits per heavy atom.